The molecule has 7 nitrogen and oxygen atoms in total. The first-order valence-corrected chi connectivity index (χ1v) is 9.70. The van der Waals surface area contributed by atoms with Crippen LogP contribution in [0.15, 0.2) is 35.7 Å². The van der Waals surface area contributed by atoms with Crippen molar-refractivity contribution < 1.29 is 17.9 Å². The fraction of sp³-hybridized carbons (Fsp3) is 0.400. The van der Waals surface area contributed by atoms with Gasteiger partial charge in [0.25, 0.3) is 0 Å². The largest absolute Gasteiger partial charge is 0.461 e. The van der Waals surface area contributed by atoms with Gasteiger partial charge in [-0.1, -0.05) is 18.7 Å². The van der Waals surface area contributed by atoms with Crippen molar-refractivity contribution in [1.82, 2.24) is 13.1 Å². The summed E-state index contributed by atoms with van der Waals surface area (Å²) in [6.45, 7) is 4.24. The molecule has 0 spiro atoms. The number of nitrogens with zero attached hydrogens (tertiary/aromatic N) is 3. The monoisotopic (exact) mass is 367 g/mol. The van der Waals surface area contributed by atoms with E-state index >= 15 is 0 Å². The summed E-state index contributed by atoms with van der Waals surface area (Å²) in [6, 6.07) is 4.94. The molecule has 2 aromatic rings. The van der Waals surface area contributed by atoms with Crippen LogP contribution < -0.4 is 0 Å². The molecule has 0 radical (unpaired) electrons. The lowest BCUT2D eigenvalue weighted by Crippen LogP contribution is -2.40. The molecule has 1 aromatic heterocycles. The highest BCUT2D eigenvalue weighted by Gasteiger charge is 2.34. The Kier molecular flexibility index (Phi) is 4.93. The number of sulfonamides is 1. The average Bonchev–Trinajstić information content (AvgIpc) is 3.08. The topological polar surface area (TPSA) is 89.5 Å². The Hall–Kier alpha value is -1.84. The Morgan fingerprint density at radius 3 is 2.83 bits per heavy atom. The number of hydrogen-bond donors (Lipinski definition) is 0. The number of rotatable bonds is 5. The molecule has 24 heavy (non-hydrogen) atoms. The summed E-state index contributed by atoms with van der Waals surface area (Å²) < 4.78 is 40.4. The average molecular weight is 367 g/mol. The minimum atomic E-state index is -3.66. The van der Waals surface area contributed by atoms with Gasteiger partial charge in [-0.25, -0.2) is 8.42 Å². The third-order valence-corrected chi connectivity index (χ3v) is 6.47. The number of ether oxygens (including phenoxy) is 1. The second-order valence-electron chi connectivity index (χ2n) is 5.49. The van der Waals surface area contributed by atoms with Crippen LogP contribution in [0.25, 0.3) is 11.0 Å². The third kappa shape index (κ3) is 3.19. The van der Waals surface area contributed by atoms with Crippen LogP contribution in [0, 0.1) is 5.92 Å². The lowest BCUT2D eigenvalue weighted by Gasteiger charge is -2.30. The molecule has 1 fully saturated rings. The predicted octanol–water partition coefficient (Wildman–Crippen LogP) is 1.82. The fourth-order valence-corrected chi connectivity index (χ4v) is 4.94. The standard InChI is InChI=1S/C15H17N3O4S2/c1-2-10-22-15(19)11-6-8-18(9-7-11)24(20,21)13-5-3-4-12-14(13)17-23-16-12/h2-5,11H,1,6-10H2. The summed E-state index contributed by atoms with van der Waals surface area (Å²) >= 11 is 0.989. The van der Waals surface area contributed by atoms with Crippen molar-refractivity contribution in [3.8, 4) is 0 Å². The number of fused-ring (bicyclic) bond motifs is 1. The Morgan fingerprint density at radius 2 is 2.12 bits per heavy atom. The predicted molar refractivity (Wildman–Crippen MR) is 90.1 cm³/mol. The Labute approximate surface area is 144 Å². The van der Waals surface area contributed by atoms with Crippen LogP contribution in [0.4, 0.5) is 0 Å². The highest BCUT2D eigenvalue weighted by atomic mass is 32.2. The van der Waals surface area contributed by atoms with Gasteiger partial charge in [0.15, 0.2) is 0 Å². The SMILES string of the molecule is C=CCOC(=O)C1CCN(S(=O)(=O)c2cccc3nsnc23)CC1. The molecule has 9 heteroatoms. The molecule has 1 aliphatic rings. The molecule has 0 N–H and O–H groups in total. The van der Waals surface area contributed by atoms with E-state index in [1.54, 1.807) is 18.2 Å². The smallest absolute Gasteiger partial charge is 0.309 e. The molecule has 0 aliphatic carbocycles. The van der Waals surface area contributed by atoms with Crippen LogP contribution in [-0.4, -0.2) is 47.1 Å². The van der Waals surface area contributed by atoms with Crippen LogP contribution in [0.1, 0.15) is 12.8 Å². The van der Waals surface area contributed by atoms with Crippen molar-refractivity contribution in [3.63, 3.8) is 0 Å². The molecule has 0 bridgehead atoms. The second-order valence-corrected chi connectivity index (χ2v) is 7.92. The van der Waals surface area contributed by atoms with Crippen LogP contribution in [0.3, 0.4) is 0 Å². The van der Waals surface area contributed by atoms with Gasteiger partial charge in [0.05, 0.1) is 17.6 Å². The summed E-state index contributed by atoms with van der Waals surface area (Å²) in [6.07, 6.45) is 2.40. The summed E-state index contributed by atoms with van der Waals surface area (Å²) in [4.78, 5) is 12.0. The Morgan fingerprint density at radius 1 is 1.38 bits per heavy atom. The number of hydrogen-bond acceptors (Lipinski definition) is 7. The molecule has 0 unspecified atom stereocenters. The summed E-state index contributed by atoms with van der Waals surface area (Å²) in [5.41, 5.74) is 0.971. The van der Waals surface area contributed by atoms with E-state index in [1.165, 1.54) is 10.4 Å². The van der Waals surface area contributed by atoms with Crippen molar-refractivity contribution in [1.29, 1.82) is 0 Å². The van der Waals surface area contributed by atoms with E-state index < -0.39 is 10.0 Å². The second kappa shape index (κ2) is 6.96. The number of piperidine rings is 1. The molecule has 2 heterocycles. The van der Waals surface area contributed by atoms with E-state index in [9.17, 15) is 13.2 Å². The lowest BCUT2D eigenvalue weighted by molar-refractivity contribution is -0.148. The highest BCUT2D eigenvalue weighted by Crippen LogP contribution is 2.28. The fourth-order valence-electron chi connectivity index (χ4n) is 2.72. The van der Waals surface area contributed by atoms with Gasteiger partial charge in [-0.05, 0) is 25.0 Å². The normalized spacial score (nSPS) is 17.0. The van der Waals surface area contributed by atoms with Gasteiger partial charge >= 0.3 is 5.97 Å². The van der Waals surface area contributed by atoms with Gasteiger partial charge in [-0.15, -0.1) is 0 Å². The molecule has 1 saturated heterocycles. The first kappa shape index (κ1) is 17.0. The summed E-state index contributed by atoms with van der Waals surface area (Å²) in [5, 5.41) is 0. The minimum absolute atomic E-state index is 0.168. The molecule has 1 aromatic carbocycles. The maximum atomic E-state index is 12.9. The number of esters is 1. The van der Waals surface area contributed by atoms with Crippen LogP contribution in [-0.2, 0) is 19.6 Å². The van der Waals surface area contributed by atoms with E-state index in [2.05, 4.69) is 15.3 Å². The number of carbonyl (C=O) groups is 1. The molecule has 3 rings (SSSR count). The molecule has 0 atom stereocenters. The van der Waals surface area contributed by atoms with Crippen LogP contribution in [0.5, 0.6) is 0 Å². The quantitative estimate of drug-likeness (QED) is 0.591. The molecule has 0 amide bonds. The van der Waals surface area contributed by atoms with Crippen molar-refractivity contribution in [2.75, 3.05) is 19.7 Å². The first-order chi connectivity index (χ1) is 11.5. The number of benzene rings is 1. The van der Waals surface area contributed by atoms with E-state index in [4.69, 9.17) is 4.74 Å². The number of aromatic nitrogens is 2. The maximum absolute atomic E-state index is 12.9. The van der Waals surface area contributed by atoms with Gasteiger partial charge in [0.1, 0.15) is 22.5 Å². The van der Waals surface area contributed by atoms with Gasteiger partial charge in [-0.2, -0.15) is 13.1 Å². The lowest BCUT2D eigenvalue weighted by atomic mass is 9.98. The number of carbonyl (C=O) groups excluding carboxylic acids is 1. The van der Waals surface area contributed by atoms with Crippen molar-refractivity contribution in [3.05, 3.63) is 30.9 Å². The molecule has 128 valence electrons. The summed E-state index contributed by atoms with van der Waals surface area (Å²) in [5.74, 6) is -0.564. The zero-order valence-electron chi connectivity index (χ0n) is 12.9. The summed E-state index contributed by atoms with van der Waals surface area (Å²) in [7, 11) is -3.66. The zero-order valence-corrected chi connectivity index (χ0v) is 14.6. The Bertz CT molecular complexity index is 854. The van der Waals surface area contributed by atoms with Crippen molar-refractivity contribution in [2.45, 2.75) is 17.7 Å². The van der Waals surface area contributed by atoms with Crippen LogP contribution in [0.2, 0.25) is 0 Å². The van der Waals surface area contributed by atoms with E-state index in [1.807, 2.05) is 0 Å². The van der Waals surface area contributed by atoms with E-state index in [0.29, 0.717) is 23.9 Å². The van der Waals surface area contributed by atoms with Gasteiger partial charge in [0.2, 0.25) is 10.0 Å². The van der Waals surface area contributed by atoms with E-state index in [0.717, 1.165) is 11.7 Å². The van der Waals surface area contributed by atoms with Gasteiger partial charge in [-0.3, -0.25) is 4.79 Å². The first-order valence-electron chi connectivity index (χ1n) is 7.53. The van der Waals surface area contributed by atoms with Gasteiger partial charge in [0, 0.05) is 13.1 Å². The van der Waals surface area contributed by atoms with Crippen molar-refractivity contribution >= 4 is 38.8 Å². The maximum Gasteiger partial charge on any atom is 0.309 e. The molecular formula is C15H17N3O4S2. The molecule has 1 aliphatic heterocycles. The zero-order chi connectivity index (χ0) is 17.2. The Balaban J connectivity index is 1.75. The molecule has 0 saturated carbocycles. The highest BCUT2D eigenvalue weighted by molar-refractivity contribution is 7.89. The van der Waals surface area contributed by atoms with Gasteiger partial charge < -0.3 is 4.74 Å². The van der Waals surface area contributed by atoms with E-state index in [-0.39, 0.29) is 36.5 Å². The molecular weight excluding hydrogens is 350 g/mol. The minimum Gasteiger partial charge on any atom is -0.461 e. The third-order valence-electron chi connectivity index (χ3n) is 4.00. The van der Waals surface area contributed by atoms with Crippen LogP contribution >= 0.6 is 11.7 Å². The van der Waals surface area contributed by atoms with Crippen molar-refractivity contribution in [2.24, 2.45) is 5.92 Å².